The fraction of sp³-hybridized carbons (Fsp3) is 0.222. The molecule has 0 saturated carbocycles. The Labute approximate surface area is 179 Å². The molecule has 152 valence electrons. The molecule has 4 aromatic rings. The third kappa shape index (κ3) is 4.30. The Kier molecular flexibility index (Phi) is 5.99. The van der Waals surface area contributed by atoms with Crippen LogP contribution in [0.3, 0.4) is 0 Å². The molecule has 4 rings (SSSR count). The highest BCUT2D eigenvalue weighted by molar-refractivity contribution is 5.79. The van der Waals surface area contributed by atoms with E-state index >= 15 is 0 Å². The average Bonchev–Trinajstić information content (AvgIpc) is 3.24. The molecule has 3 nitrogen and oxygen atoms in total. The van der Waals surface area contributed by atoms with E-state index in [0.29, 0.717) is 0 Å². The van der Waals surface area contributed by atoms with Gasteiger partial charge in [0.25, 0.3) is 0 Å². The molecule has 30 heavy (non-hydrogen) atoms. The minimum atomic E-state index is 0.778. The lowest BCUT2D eigenvalue weighted by Gasteiger charge is -2.14. The second kappa shape index (κ2) is 9.00. The van der Waals surface area contributed by atoms with Crippen LogP contribution < -0.4 is 4.74 Å². The first-order valence-corrected chi connectivity index (χ1v) is 10.5. The van der Waals surface area contributed by atoms with Gasteiger partial charge in [-0.2, -0.15) is 5.10 Å². The normalized spacial score (nSPS) is 10.9. The van der Waals surface area contributed by atoms with Crippen LogP contribution in [0.1, 0.15) is 30.0 Å². The number of nitrogens with zero attached hydrogens (tertiary/aromatic N) is 2. The zero-order valence-corrected chi connectivity index (χ0v) is 17.9. The van der Waals surface area contributed by atoms with Crippen LogP contribution in [0.15, 0.2) is 79.1 Å². The summed E-state index contributed by atoms with van der Waals surface area (Å²) in [6.07, 6.45) is 6.33. The molecule has 0 saturated heterocycles. The van der Waals surface area contributed by atoms with Crippen molar-refractivity contribution in [1.29, 1.82) is 0 Å². The van der Waals surface area contributed by atoms with Crippen LogP contribution in [0.4, 0.5) is 0 Å². The highest BCUT2D eigenvalue weighted by Gasteiger charge is 2.13. The summed E-state index contributed by atoms with van der Waals surface area (Å²) in [6, 6.07) is 23.4. The van der Waals surface area contributed by atoms with E-state index in [1.165, 1.54) is 33.4 Å². The molecule has 3 aromatic carbocycles. The van der Waals surface area contributed by atoms with E-state index in [1.54, 1.807) is 7.11 Å². The predicted molar refractivity (Wildman–Crippen MR) is 124 cm³/mol. The average molecular weight is 397 g/mol. The van der Waals surface area contributed by atoms with Crippen LogP contribution in [0.5, 0.6) is 5.75 Å². The molecule has 0 N–H and O–H groups in total. The van der Waals surface area contributed by atoms with Gasteiger partial charge in [0, 0.05) is 11.8 Å². The van der Waals surface area contributed by atoms with Gasteiger partial charge >= 0.3 is 0 Å². The van der Waals surface area contributed by atoms with Crippen molar-refractivity contribution in [2.75, 3.05) is 7.11 Å². The van der Waals surface area contributed by atoms with Crippen molar-refractivity contribution < 1.29 is 4.74 Å². The van der Waals surface area contributed by atoms with Crippen LogP contribution in [0.2, 0.25) is 0 Å². The molecule has 0 aliphatic rings. The molecular formula is C27H28N2O. The van der Waals surface area contributed by atoms with E-state index in [4.69, 9.17) is 4.74 Å². The molecule has 0 atom stereocenters. The Morgan fingerprint density at radius 3 is 2.23 bits per heavy atom. The highest BCUT2D eigenvalue weighted by Crippen LogP contribution is 2.34. The Morgan fingerprint density at radius 1 is 0.867 bits per heavy atom. The molecule has 0 radical (unpaired) electrons. The van der Waals surface area contributed by atoms with Gasteiger partial charge in [0.2, 0.25) is 0 Å². The summed E-state index contributed by atoms with van der Waals surface area (Å²) in [4.78, 5) is 0. The Balaban J connectivity index is 1.73. The summed E-state index contributed by atoms with van der Waals surface area (Å²) in [6.45, 7) is 5.21. The van der Waals surface area contributed by atoms with E-state index in [1.807, 2.05) is 29.1 Å². The number of rotatable bonds is 7. The number of methoxy groups -OCH3 is 1. The Bertz CT molecular complexity index is 1110. The Hall–Kier alpha value is -3.33. The lowest BCUT2D eigenvalue weighted by atomic mass is 9.90. The molecule has 0 aliphatic heterocycles. The third-order valence-electron chi connectivity index (χ3n) is 5.54. The van der Waals surface area contributed by atoms with Crippen LogP contribution in [-0.2, 0) is 13.0 Å². The number of aryl methyl sites for hydroxylation is 1. The van der Waals surface area contributed by atoms with Gasteiger partial charge in [-0.1, -0.05) is 67.9 Å². The second-order valence-electron chi connectivity index (χ2n) is 7.71. The van der Waals surface area contributed by atoms with Gasteiger partial charge in [0.1, 0.15) is 5.75 Å². The van der Waals surface area contributed by atoms with Crippen molar-refractivity contribution in [2.24, 2.45) is 0 Å². The molecular weight excluding hydrogens is 368 g/mol. The van der Waals surface area contributed by atoms with Crippen molar-refractivity contribution >= 4 is 0 Å². The van der Waals surface area contributed by atoms with Gasteiger partial charge in [0.05, 0.1) is 19.9 Å². The van der Waals surface area contributed by atoms with Gasteiger partial charge in [-0.05, 0) is 58.9 Å². The maximum absolute atomic E-state index is 5.33. The molecule has 0 bridgehead atoms. The van der Waals surface area contributed by atoms with Crippen molar-refractivity contribution in [3.8, 4) is 28.0 Å². The summed E-state index contributed by atoms with van der Waals surface area (Å²) in [5, 5.41) is 4.63. The molecule has 0 spiro atoms. The lowest BCUT2D eigenvalue weighted by Crippen LogP contribution is -1.99. The number of aromatic nitrogens is 2. The highest BCUT2D eigenvalue weighted by atomic mass is 16.5. The van der Waals surface area contributed by atoms with E-state index in [2.05, 4.69) is 73.7 Å². The summed E-state index contributed by atoms with van der Waals surface area (Å²) >= 11 is 0. The first-order valence-electron chi connectivity index (χ1n) is 10.5. The molecule has 0 fully saturated rings. The van der Waals surface area contributed by atoms with Crippen LogP contribution in [-0.4, -0.2) is 16.9 Å². The zero-order chi connectivity index (χ0) is 20.9. The van der Waals surface area contributed by atoms with Gasteiger partial charge in [0.15, 0.2) is 0 Å². The Morgan fingerprint density at radius 2 is 1.57 bits per heavy atom. The fourth-order valence-corrected chi connectivity index (χ4v) is 3.94. The van der Waals surface area contributed by atoms with Gasteiger partial charge in [-0.15, -0.1) is 0 Å². The molecule has 1 heterocycles. The number of hydrogen-bond donors (Lipinski definition) is 0. The number of hydrogen-bond acceptors (Lipinski definition) is 2. The monoisotopic (exact) mass is 396 g/mol. The maximum Gasteiger partial charge on any atom is 0.118 e. The van der Waals surface area contributed by atoms with Crippen molar-refractivity contribution in [2.45, 2.75) is 33.2 Å². The van der Waals surface area contributed by atoms with Crippen molar-refractivity contribution in [3.05, 3.63) is 95.8 Å². The third-order valence-corrected chi connectivity index (χ3v) is 5.54. The van der Waals surface area contributed by atoms with E-state index in [9.17, 15) is 0 Å². The molecule has 0 amide bonds. The van der Waals surface area contributed by atoms with E-state index in [0.717, 1.165) is 30.7 Å². The standard InChI is InChI=1S/C27H28N2O/c1-4-8-22-15-26(23-11-13-25(30-3)14-12-23)20(2)27(16-22)24-17-28-29(19-24)18-21-9-6-5-7-10-21/h5-7,9-17,19H,4,8,18H2,1-3H3. The van der Waals surface area contributed by atoms with Crippen molar-refractivity contribution in [1.82, 2.24) is 9.78 Å². The van der Waals surface area contributed by atoms with E-state index in [-0.39, 0.29) is 0 Å². The summed E-state index contributed by atoms with van der Waals surface area (Å²) in [5.74, 6) is 0.878. The molecule has 0 aliphatic carbocycles. The largest absolute Gasteiger partial charge is 0.497 e. The minimum absolute atomic E-state index is 0.778. The smallest absolute Gasteiger partial charge is 0.118 e. The quantitative estimate of drug-likeness (QED) is 0.355. The van der Waals surface area contributed by atoms with Crippen LogP contribution in [0, 0.1) is 6.92 Å². The lowest BCUT2D eigenvalue weighted by molar-refractivity contribution is 0.415. The van der Waals surface area contributed by atoms with Crippen LogP contribution >= 0.6 is 0 Å². The summed E-state index contributed by atoms with van der Waals surface area (Å²) in [5.41, 5.74) is 8.79. The first kappa shape index (κ1) is 20.0. The van der Waals surface area contributed by atoms with E-state index < -0.39 is 0 Å². The summed E-state index contributed by atoms with van der Waals surface area (Å²) < 4.78 is 7.35. The zero-order valence-electron chi connectivity index (χ0n) is 17.9. The minimum Gasteiger partial charge on any atom is -0.497 e. The van der Waals surface area contributed by atoms with Crippen molar-refractivity contribution in [3.63, 3.8) is 0 Å². The molecule has 1 aromatic heterocycles. The number of ether oxygens (including phenoxy) is 1. The SMILES string of the molecule is CCCc1cc(-c2ccc(OC)cc2)c(C)c(-c2cnn(Cc3ccccc3)c2)c1. The second-order valence-corrected chi connectivity index (χ2v) is 7.71. The van der Waals surface area contributed by atoms with Gasteiger partial charge in [-0.3, -0.25) is 4.68 Å². The maximum atomic E-state index is 5.33. The predicted octanol–water partition coefficient (Wildman–Crippen LogP) is 6.53. The topological polar surface area (TPSA) is 27.1 Å². The molecule has 3 heteroatoms. The van der Waals surface area contributed by atoms with Gasteiger partial charge in [-0.25, -0.2) is 0 Å². The number of benzene rings is 3. The first-order chi connectivity index (χ1) is 14.7. The van der Waals surface area contributed by atoms with Gasteiger partial charge < -0.3 is 4.74 Å². The fourth-order valence-electron chi connectivity index (χ4n) is 3.94. The summed E-state index contributed by atoms with van der Waals surface area (Å²) in [7, 11) is 1.70. The van der Waals surface area contributed by atoms with Crippen LogP contribution in [0.25, 0.3) is 22.3 Å². The molecule has 0 unspecified atom stereocenters.